The molecule has 2 aromatic carbocycles. The summed E-state index contributed by atoms with van der Waals surface area (Å²) in [6.45, 7) is 6.21. The Bertz CT molecular complexity index is 798. The highest BCUT2D eigenvalue weighted by atomic mass is 16.5. The zero-order chi connectivity index (χ0) is 17.4. The summed E-state index contributed by atoms with van der Waals surface area (Å²) in [7, 11) is 0. The van der Waals surface area contributed by atoms with Crippen molar-refractivity contribution in [3.05, 3.63) is 58.7 Å². The maximum Gasteiger partial charge on any atom is 0.254 e. The van der Waals surface area contributed by atoms with Crippen molar-refractivity contribution in [2.75, 3.05) is 19.8 Å². The van der Waals surface area contributed by atoms with Crippen molar-refractivity contribution >= 4 is 5.91 Å². The van der Waals surface area contributed by atoms with E-state index in [1.54, 1.807) is 0 Å². The summed E-state index contributed by atoms with van der Waals surface area (Å²) < 4.78 is 11.6. The lowest BCUT2D eigenvalue weighted by molar-refractivity contribution is 0.0677. The number of aryl methyl sites for hydroxylation is 1. The van der Waals surface area contributed by atoms with Gasteiger partial charge in [-0.05, 0) is 55.7 Å². The highest BCUT2D eigenvalue weighted by Crippen LogP contribution is 2.39. The van der Waals surface area contributed by atoms with Gasteiger partial charge >= 0.3 is 0 Å². The van der Waals surface area contributed by atoms with Gasteiger partial charge < -0.3 is 14.4 Å². The molecule has 130 valence electrons. The van der Waals surface area contributed by atoms with Crippen molar-refractivity contribution in [2.24, 2.45) is 0 Å². The van der Waals surface area contributed by atoms with Crippen LogP contribution in [0.25, 0.3) is 0 Å². The molecule has 2 aliphatic heterocycles. The van der Waals surface area contributed by atoms with Crippen LogP contribution in [0, 0.1) is 6.92 Å². The molecule has 4 heteroatoms. The Morgan fingerprint density at radius 2 is 1.76 bits per heavy atom. The lowest BCUT2D eigenvalue weighted by atomic mass is 9.92. The lowest BCUT2D eigenvalue weighted by Gasteiger charge is -2.36. The highest BCUT2D eigenvalue weighted by molar-refractivity contribution is 5.94. The predicted molar refractivity (Wildman–Crippen MR) is 96.4 cm³/mol. The number of carbonyl (C=O) groups is 1. The molecule has 0 aliphatic carbocycles. The topological polar surface area (TPSA) is 38.8 Å². The maximum atomic E-state index is 12.9. The van der Waals surface area contributed by atoms with Gasteiger partial charge in [-0.1, -0.05) is 17.7 Å². The zero-order valence-electron chi connectivity index (χ0n) is 14.7. The molecule has 0 saturated carbocycles. The fourth-order valence-electron chi connectivity index (χ4n) is 3.61. The van der Waals surface area contributed by atoms with Crippen LogP contribution >= 0.6 is 0 Å². The predicted octanol–water partition coefficient (Wildman–Crippen LogP) is 3.92. The molecule has 4 rings (SSSR count). The van der Waals surface area contributed by atoms with Gasteiger partial charge in [-0.15, -0.1) is 0 Å². The van der Waals surface area contributed by atoms with Gasteiger partial charge in [-0.2, -0.15) is 0 Å². The molecule has 4 nitrogen and oxygen atoms in total. The van der Waals surface area contributed by atoms with Gasteiger partial charge in [0.05, 0.1) is 19.3 Å². The lowest BCUT2D eigenvalue weighted by Crippen LogP contribution is -2.38. The molecule has 1 amide bonds. The summed E-state index contributed by atoms with van der Waals surface area (Å²) >= 11 is 0. The molecule has 0 unspecified atom stereocenters. The molecular weight excluding hydrogens is 314 g/mol. The third kappa shape index (κ3) is 2.97. The first kappa shape index (κ1) is 16.0. The number of hydrogen-bond acceptors (Lipinski definition) is 3. The minimum absolute atomic E-state index is 0.0229. The van der Waals surface area contributed by atoms with Crippen LogP contribution in [0.3, 0.4) is 0 Å². The van der Waals surface area contributed by atoms with E-state index in [0.717, 1.165) is 47.6 Å². The van der Waals surface area contributed by atoms with Gasteiger partial charge in [0.15, 0.2) is 11.5 Å². The first-order valence-corrected chi connectivity index (χ1v) is 8.93. The Hall–Kier alpha value is -2.49. The van der Waals surface area contributed by atoms with Crippen LogP contribution in [0.2, 0.25) is 0 Å². The second-order valence-corrected chi connectivity index (χ2v) is 6.84. The van der Waals surface area contributed by atoms with E-state index in [1.807, 2.05) is 36.1 Å². The molecule has 2 heterocycles. The molecule has 25 heavy (non-hydrogen) atoms. The number of hydrogen-bond donors (Lipinski definition) is 0. The molecule has 0 saturated heterocycles. The maximum absolute atomic E-state index is 12.9. The second kappa shape index (κ2) is 6.43. The SMILES string of the molecule is Cc1ccc(C(=O)N2CCc3cc4c(cc3[C@@H]2C)OCCCO4)cc1. The van der Waals surface area contributed by atoms with E-state index in [-0.39, 0.29) is 11.9 Å². The number of amides is 1. The van der Waals surface area contributed by atoms with Crippen LogP contribution in [-0.2, 0) is 6.42 Å². The van der Waals surface area contributed by atoms with Crippen LogP contribution < -0.4 is 9.47 Å². The van der Waals surface area contributed by atoms with E-state index in [2.05, 4.69) is 19.1 Å². The third-order valence-electron chi connectivity index (χ3n) is 5.11. The summed E-state index contributed by atoms with van der Waals surface area (Å²) in [6.07, 6.45) is 1.74. The van der Waals surface area contributed by atoms with Crippen LogP contribution in [0.5, 0.6) is 11.5 Å². The largest absolute Gasteiger partial charge is 0.490 e. The Labute approximate surface area is 148 Å². The van der Waals surface area contributed by atoms with E-state index in [9.17, 15) is 4.79 Å². The molecular formula is C21H23NO3. The Morgan fingerprint density at radius 3 is 2.48 bits per heavy atom. The van der Waals surface area contributed by atoms with E-state index >= 15 is 0 Å². The first-order chi connectivity index (χ1) is 12.1. The number of fused-ring (bicyclic) bond motifs is 2. The Balaban J connectivity index is 1.64. The standard InChI is InChI=1S/C21H23NO3/c1-14-4-6-16(7-5-14)21(23)22-9-8-17-12-19-20(13-18(17)15(22)2)25-11-3-10-24-19/h4-7,12-13,15H,3,8-11H2,1-2H3/t15-/m0/s1. The summed E-state index contributed by atoms with van der Waals surface area (Å²) in [5, 5.41) is 0. The normalized spacial score (nSPS) is 19.1. The van der Waals surface area contributed by atoms with Gasteiger partial charge in [0, 0.05) is 18.5 Å². The summed E-state index contributed by atoms with van der Waals surface area (Å²) in [6, 6.07) is 12.0. The molecule has 0 N–H and O–H groups in total. The third-order valence-corrected chi connectivity index (χ3v) is 5.11. The molecule has 1 atom stereocenters. The van der Waals surface area contributed by atoms with E-state index < -0.39 is 0 Å². The van der Waals surface area contributed by atoms with Crippen LogP contribution in [0.1, 0.15) is 46.4 Å². The van der Waals surface area contributed by atoms with Crippen molar-refractivity contribution in [3.8, 4) is 11.5 Å². The zero-order valence-corrected chi connectivity index (χ0v) is 14.7. The first-order valence-electron chi connectivity index (χ1n) is 8.93. The van der Waals surface area contributed by atoms with E-state index in [0.29, 0.717) is 13.2 Å². The average molecular weight is 337 g/mol. The molecule has 0 spiro atoms. The molecule has 2 aliphatic rings. The van der Waals surface area contributed by atoms with Gasteiger partial charge in [0.1, 0.15) is 0 Å². The average Bonchev–Trinajstić information content (AvgIpc) is 2.85. The number of carbonyl (C=O) groups excluding carboxylic acids is 1. The monoisotopic (exact) mass is 337 g/mol. The molecule has 0 radical (unpaired) electrons. The number of rotatable bonds is 1. The molecule has 0 fully saturated rings. The fraction of sp³-hybridized carbons (Fsp3) is 0.381. The van der Waals surface area contributed by atoms with Gasteiger partial charge in [0.2, 0.25) is 0 Å². The summed E-state index contributed by atoms with van der Waals surface area (Å²) in [4.78, 5) is 14.9. The Kier molecular flexibility index (Phi) is 4.12. The smallest absolute Gasteiger partial charge is 0.254 e. The van der Waals surface area contributed by atoms with E-state index in [4.69, 9.17) is 9.47 Å². The van der Waals surface area contributed by atoms with Crippen molar-refractivity contribution in [1.82, 2.24) is 4.90 Å². The minimum Gasteiger partial charge on any atom is -0.490 e. The fourth-order valence-corrected chi connectivity index (χ4v) is 3.61. The molecule has 0 bridgehead atoms. The van der Waals surface area contributed by atoms with Gasteiger partial charge in [-0.25, -0.2) is 0 Å². The van der Waals surface area contributed by atoms with Crippen LogP contribution in [0.15, 0.2) is 36.4 Å². The molecule has 0 aromatic heterocycles. The Morgan fingerprint density at radius 1 is 1.08 bits per heavy atom. The number of ether oxygens (including phenoxy) is 2. The van der Waals surface area contributed by atoms with Crippen molar-refractivity contribution in [1.29, 1.82) is 0 Å². The van der Waals surface area contributed by atoms with Crippen LogP contribution in [0.4, 0.5) is 0 Å². The van der Waals surface area contributed by atoms with Crippen molar-refractivity contribution in [3.63, 3.8) is 0 Å². The quantitative estimate of drug-likeness (QED) is 0.792. The minimum atomic E-state index is 0.0229. The summed E-state index contributed by atoms with van der Waals surface area (Å²) in [5.74, 6) is 1.72. The summed E-state index contributed by atoms with van der Waals surface area (Å²) in [5.41, 5.74) is 4.32. The second-order valence-electron chi connectivity index (χ2n) is 6.84. The molecule has 2 aromatic rings. The highest BCUT2D eigenvalue weighted by Gasteiger charge is 2.30. The number of benzene rings is 2. The van der Waals surface area contributed by atoms with Crippen molar-refractivity contribution in [2.45, 2.75) is 32.7 Å². The van der Waals surface area contributed by atoms with Gasteiger partial charge in [0.25, 0.3) is 5.91 Å². The van der Waals surface area contributed by atoms with Crippen molar-refractivity contribution < 1.29 is 14.3 Å². The van der Waals surface area contributed by atoms with Crippen LogP contribution in [-0.4, -0.2) is 30.6 Å². The van der Waals surface area contributed by atoms with Gasteiger partial charge in [-0.3, -0.25) is 4.79 Å². The van der Waals surface area contributed by atoms with E-state index in [1.165, 1.54) is 5.56 Å². The number of nitrogens with zero attached hydrogens (tertiary/aromatic N) is 1.